The number of fused-ring (bicyclic) bond motifs is 2. The summed E-state index contributed by atoms with van der Waals surface area (Å²) in [4.78, 5) is 2.27. The Balaban J connectivity index is 1.39. The number of aromatic hydroxyl groups is 1. The van der Waals surface area contributed by atoms with Crippen molar-refractivity contribution in [3.05, 3.63) is 42.2 Å². The van der Waals surface area contributed by atoms with Crippen LogP contribution in [-0.2, 0) is 0 Å². The molecule has 7 nitrogen and oxygen atoms in total. The van der Waals surface area contributed by atoms with Crippen molar-refractivity contribution in [2.45, 2.75) is 63.6 Å². The molecular formula is C24H30N6O. The Bertz CT molecular complexity index is 1080. The Kier molecular flexibility index (Phi) is 4.55. The van der Waals surface area contributed by atoms with E-state index in [0.29, 0.717) is 17.3 Å². The van der Waals surface area contributed by atoms with Gasteiger partial charge in [0.15, 0.2) is 5.82 Å². The third-order valence-corrected chi connectivity index (χ3v) is 7.19. The summed E-state index contributed by atoms with van der Waals surface area (Å²) in [5.41, 5.74) is 4.71. The van der Waals surface area contributed by atoms with E-state index in [-0.39, 0.29) is 16.8 Å². The van der Waals surface area contributed by atoms with Crippen LogP contribution in [0.1, 0.15) is 45.1 Å². The summed E-state index contributed by atoms with van der Waals surface area (Å²) in [6.45, 7) is 6.70. The Morgan fingerprint density at radius 1 is 1.06 bits per heavy atom. The standard InChI is InChI=1S/C24H30N6O/c1-15-9-19(21(31)10-18(15)16-13-25-26-14-16)20-5-6-22(28-27-20)30(4)17-11-23(2)7-8-24(3,12-17)29-23/h5-6,9-10,13-14,17,29,31H,7-8,11-12H2,1-4H3,(H,25,26)/t17-,23-,24?/m1/s1. The van der Waals surface area contributed by atoms with Gasteiger partial charge in [0, 0.05) is 41.5 Å². The normalized spacial score (nSPS) is 27.4. The van der Waals surface area contributed by atoms with Gasteiger partial charge in [-0.05, 0) is 81.8 Å². The fourth-order valence-electron chi connectivity index (χ4n) is 5.55. The average molecular weight is 419 g/mol. The molecule has 2 fully saturated rings. The number of nitrogens with one attached hydrogen (secondary N) is 2. The lowest BCUT2D eigenvalue weighted by Crippen LogP contribution is -2.58. The zero-order valence-electron chi connectivity index (χ0n) is 18.6. The smallest absolute Gasteiger partial charge is 0.151 e. The highest BCUT2D eigenvalue weighted by Crippen LogP contribution is 2.44. The minimum absolute atomic E-state index is 0.188. The lowest BCUT2D eigenvalue weighted by Gasteiger charge is -2.45. The van der Waals surface area contributed by atoms with Crippen LogP contribution in [-0.4, -0.2) is 49.7 Å². The second-order valence-corrected chi connectivity index (χ2v) is 9.87. The molecule has 4 heterocycles. The van der Waals surface area contributed by atoms with Crippen LogP contribution in [0.4, 0.5) is 5.82 Å². The molecule has 162 valence electrons. The molecule has 0 radical (unpaired) electrons. The molecule has 0 saturated carbocycles. The van der Waals surface area contributed by atoms with Crippen molar-refractivity contribution in [2.24, 2.45) is 0 Å². The first-order valence-corrected chi connectivity index (χ1v) is 10.9. The molecule has 7 heteroatoms. The highest BCUT2D eigenvalue weighted by atomic mass is 16.3. The van der Waals surface area contributed by atoms with Crippen LogP contribution in [0, 0.1) is 6.92 Å². The van der Waals surface area contributed by atoms with Crippen molar-refractivity contribution in [3.8, 4) is 28.1 Å². The molecule has 5 rings (SSSR count). The molecule has 2 aliphatic heterocycles. The van der Waals surface area contributed by atoms with Crippen molar-refractivity contribution in [1.82, 2.24) is 25.7 Å². The number of aryl methyl sites for hydroxylation is 1. The summed E-state index contributed by atoms with van der Waals surface area (Å²) in [6.07, 6.45) is 8.24. The number of piperidine rings is 1. The first kappa shape index (κ1) is 20.0. The summed E-state index contributed by atoms with van der Waals surface area (Å²) < 4.78 is 0. The van der Waals surface area contributed by atoms with E-state index in [2.05, 4.69) is 51.5 Å². The molecule has 1 unspecified atom stereocenters. The minimum Gasteiger partial charge on any atom is -0.507 e. The monoisotopic (exact) mass is 418 g/mol. The molecule has 1 aromatic carbocycles. The zero-order valence-corrected chi connectivity index (χ0v) is 18.6. The SMILES string of the molecule is Cc1cc(-c2ccc(N(C)[C@H]3CC4(C)CC[C@](C)(C3)N4)nn2)c(O)cc1-c1cn[nH]c1. The average Bonchev–Trinajstić information content (AvgIpc) is 3.34. The Hall–Kier alpha value is -2.93. The maximum Gasteiger partial charge on any atom is 0.151 e. The van der Waals surface area contributed by atoms with Gasteiger partial charge < -0.3 is 15.3 Å². The molecule has 0 spiro atoms. The summed E-state index contributed by atoms with van der Waals surface area (Å²) in [7, 11) is 2.12. The zero-order chi connectivity index (χ0) is 21.8. The second kappa shape index (κ2) is 7.05. The molecule has 2 saturated heterocycles. The van der Waals surface area contributed by atoms with E-state index in [9.17, 15) is 5.11 Å². The molecule has 3 N–H and O–H groups in total. The number of anilines is 1. The number of phenols is 1. The quantitative estimate of drug-likeness (QED) is 0.592. The molecule has 2 aromatic heterocycles. The molecule has 3 aromatic rings. The molecular weight excluding hydrogens is 388 g/mol. The van der Waals surface area contributed by atoms with Crippen molar-refractivity contribution in [2.75, 3.05) is 11.9 Å². The molecule has 3 atom stereocenters. The summed E-state index contributed by atoms with van der Waals surface area (Å²) >= 11 is 0. The number of benzene rings is 1. The Labute approximate surface area is 182 Å². The van der Waals surface area contributed by atoms with E-state index in [1.54, 1.807) is 12.3 Å². The maximum absolute atomic E-state index is 10.7. The largest absolute Gasteiger partial charge is 0.507 e. The van der Waals surface area contributed by atoms with Crippen LogP contribution in [0.2, 0.25) is 0 Å². The minimum atomic E-state index is 0.188. The number of aromatic nitrogens is 4. The second-order valence-electron chi connectivity index (χ2n) is 9.87. The molecule has 2 bridgehead atoms. The molecule has 31 heavy (non-hydrogen) atoms. The molecule has 0 aliphatic carbocycles. The highest BCUT2D eigenvalue weighted by Gasteiger charge is 2.49. The van der Waals surface area contributed by atoms with E-state index in [4.69, 9.17) is 0 Å². The predicted octanol–water partition coefficient (Wildman–Crippen LogP) is 4.05. The van der Waals surface area contributed by atoms with Crippen molar-refractivity contribution in [3.63, 3.8) is 0 Å². The van der Waals surface area contributed by atoms with Crippen molar-refractivity contribution < 1.29 is 5.11 Å². The first-order valence-electron chi connectivity index (χ1n) is 10.9. The van der Waals surface area contributed by atoms with Gasteiger partial charge in [-0.25, -0.2) is 0 Å². The number of hydrogen-bond donors (Lipinski definition) is 3. The fourth-order valence-corrected chi connectivity index (χ4v) is 5.55. The van der Waals surface area contributed by atoms with Gasteiger partial charge in [0.2, 0.25) is 0 Å². The third kappa shape index (κ3) is 3.57. The molecule has 0 amide bonds. The van der Waals surface area contributed by atoms with Crippen LogP contribution in [0.3, 0.4) is 0 Å². The van der Waals surface area contributed by atoms with Gasteiger partial charge in [0.25, 0.3) is 0 Å². The van der Waals surface area contributed by atoms with Crippen LogP contribution in [0.25, 0.3) is 22.4 Å². The summed E-state index contributed by atoms with van der Waals surface area (Å²) in [5.74, 6) is 1.06. The van der Waals surface area contributed by atoms with Crippen molar-refractivity contribution >= 4 is 5.82 Å². The van der Waals surface area contributed by atoms with Gasteiger partial charge in [0.05, 0.1) is 11.9 Å². The van der Waals surface area contributed by atoms with Gasteiger partial charge in [-0.1, -0.05) is 0 Å². The van der Waals surface area contributed by atoms with E-state index in [1.165, 1.54) is 12.8 Å². The lowest BCUT2D eigenvalue weighted by molar-refractivity contribution is 0.207. The van der Waals surface area contributed by atoms with Crippen LogP contribution in [0.5, 0.6) is 5.75 Å². The maximum atomic E-state index is 10.7. The van der Waals surface area contributed by atoms with Gasteiger partial charge in [0.1, 0.15) is 5.75 Å². The number of aromatic amines is 1. The fraction of sp³-hybridized carbons (Fsp3) is 0.458. The molecule has 2 aliphatic rings. The van der Waals surface area contributed by atoms with Crippen LogP contribution >= 0.6 is 0 Å². The first-order chi connectivity index (χ1) is 14.8. The van der Waals surface area contributed by atoms with E-state index in [1.807, 2.05) is 31.3 Å². The number of H-pyrrole nitrogens is 1. The lowest BCUT2D eigenvalue weighted by atomic mass is 9.84. The van der Waals surface area contributed by atoms with E-state index < -0.39 is 0 Å². The van der Waals surface area contributed by atoms with E-state index >= 15 is 0 Å². The van der Waals surface area contributed by atoms with Gasteiger partial charge in [-0.2, -0.15) is 5.10 Å². The Morgan fingerprint density at radius 2 is 1.81 bits per heavy atom. The number of hydrogen-bond acceptors (Lipinski definition) is 6. The number of rotatable bonds is 4. The summed E-state index contributed by atoms with van der Waals surface area (Å²) in [6, 6.07) is 8.11. The van der Waals surface area contributed by atoms with E-state index in [0.717, 1.165) is 35.3 Å². The topological polar surface area (TPSA) is 90.0 Å². The third-order valence-electron chi connectivity index (χ3n) is 7.19. The number of phenolic OH excluding ortho intramolecular Hbond substituents is 1. The van der Waals surface area contributed by atoms with Crippen LogP contribution in [0.15, 0.2) is 36.7 Å². The Morgan fingerprint density at radius 3 is 2.42 bits per heavy atom. The van der Waals surface area contributed by atoms with Gasteiger partial charge >= 0.3 is 0 Å². The number of nitrogens with zero attached hydrogens (tertiary/aromatic N) is 4. The summed E-state index contributed by atoms with van der Waals surface area (Å²) in [5, 5.41) is 30.3. The van der Waals surface area contributed by atoms with Crippen molar-refractivity contribution in [1.29, 1.82) is 0 Å². The van der Waals surface area contributed by atoms with Gasteiger partial charge in [-0.3, -0.25) is 5.10 Å². The van der Waals surface area contributed by atoms with Crippen LogP contribution < -0.4 is 10.2 Å². The highest BCUT2D eigenvalue weighted by molar-refractivity contribution is 5.76. The van der Waals surface area contributed by atoms with Gasteiger partial charge in [-0.15, -0.1) is 10.2 Å². The predicted molar refractivity (Wildman–Crippen MR) is 122 cm³/mol.